The van der Waals surface area contributed by atoms with E-state index in [1.807, 2.05) is 30.3 Å². The van der Waals surface area contributed by atoms with E-state index in [4.69, 9.17) is 26.2 Å². The molecule has 95 heavy (non-hydrogen) atoms. The number of ether oxygens (including phenoxy) is 1. The van der Waals surface area contributed by atoms with Gasteiger partial charge in [0, 0.05) is 54.6 Å². The minimum Gasteiger partial charge on any atom is -0.458 e. The van der Waals surface area contributed by atoms with Crippen LogP contribution < -0.4 is 30.1 Å². The second-order valence-corrected chi connectivity index (χ2v) is 28.5. The highest BCUT2D eigenvalue weighted by Gasteiger charge is 2.43. The van der Waals surface area contributed by atoms with Crippen LogP contribution in [0, 0.1) is 13.2 Å². The molecule has 5 nitrogen and oxygen atoms in total. The Kier molecular flexibility index (Phi) is 7.22. The van der Waals surface area contributed by atoms with Crippen molar-refractivity contribution < 1.29 is 65.5 Å². The lowest BCUT2D eigenvalue weighted by Crippen LogP contribution is -2.74. The molecule has 2 aliphatic carbocycles. The number of imidazole rings is 1. The summed E-state index contributed by atoms with van der Waals surface area (Å²) in [5.41, 5.74) is -13.7. The fourth-order valence-corrected chi connectivity index (χ4v) is 16.9. The Morgan fingerprint density at radius 3 is 1.82 bits per heavy atom. The summed E-state index contributed by atoms with van der Waals surface area (Å²) in [6.07, 6.45) is -3.07. The zero-order valence-electron chi connectivity index (χ0n) is 92.4. The third-order valence-electron chi connectivity index (χ3n) is 18.2. The van der Waals surface area contributed by atoms with Gasteiger partial charge in [-0.05, 0) is 173 Å². The summed E-state index contributed by atoms with van der Waals surface area (Å²) >= 11 is 0. The summed E-state index contributed by atoms with van der Waals surface area (Å²) in [6.45, 7) is -12.2. The Balaban J connectivity index is 1.01. The van der Waals surface area contributed by atoms with E-state index in [9.17, 15) is 39.8 Å². The average Bonchev–Trinajstić information content (AvgIpc) is 0.795. The Hall–Kier alpha value is -10.1. The van der Waals surface area contributed by atoms with Crippen LogP contribution in [-0.4, -0.2) is 22.2 Å². The maximum absolute atomic E-state index is 11.1. The summed E-state index contributed by atoms with van der Waals surface area (Å²) in [6, 6.07) is 4.81. The monoisotopic (exact) mass is 1290 g/mol. The summed E-state index contributed by atoms with van der Waals surface area (Å²) in [7, 11) is -6.74. The highest BCUT2D eigenvalue weighted by molar-refractivity contribution is 7.19. The minimum atomic E-state index is -6.74. The molecule has 0 amide bonds. The number of fused-ring (bicyclic) bond motifs is 6. The van der Waals surface area contributed by atoms with Crippen LogP contribution in [0.15, 0.2) is 273 Å². The zero-order valence-corrected chi connectivity index (χ0v) is 52.4. The molecule has 0 atom stereocenters. The van der Waals surface area contributed by atoms with Crippen LogP contribution in [0.4, 0.5) is 0 Å². The molecule has 0 bridgehead atoms. The molecule has 466 valence electrons. The SMILES string of the molecule is [2H]c1c([2H])c([2H])c([Si](c2c([2H])c([2H])c([2H])c([2H])c2[2H])(c2c([2H])c([2H])c([2H])c([2H])c2[2H])c2c([2H])c([2H])c([2H])c(-c3cccc(-c4c([2H])c([2H])c5c(c4[2H])C(C([2H])([2H])[2H])(C([2H])([2H])[2H])C([2H])([2H])C([2H])([2H])C5(C([2H])([2H])[2H])C([2H])([2H])[2H])c3-[n+]3[c-]n(-c4cccc(Oc5ccc6c7ccccc7n(-c7cc(C([2H])([2H])[2H])c(-c8ccc9c(c8)C(C)(C)CCC9(C)C)cn7)c6c5)c4)c4ccccc43)c2[2H])c([2H])c1[2H]. The second kappa shape index (κ2) is 22.8. The first kappa shape index (κ1) is 30.1. The van der Waals surface area contributed by atoms with Crippen LogP contribution in [0.25, 0.3) is 83.4 Å². The molecule has 0 saturated carbocycles. The number of rotatable bonds is 12. The van der Waals surface area contributed by atoms with Gasteiger partial charge in [-0.2, -0.15) is 0 Å². The normalized spacial score (nSPS) is 23.3. The van der Waals surface area contributed by atoms with Gasteiger partial charge in [-0.25, -0.2) is 4.98 Å². The summed E-state index contributed by atoms with van der Waals surface area (Å²) in [5.74, 6) is 0.505. The Labute approximate surface area is 618 Å². The number of nitrogens with zero attached hydrogens (tertiary/aromatic N) is 4. The van der Waals surface area contributed by atoms with E-state index in [-0.39, 0.29) is 50.4 Å². The summed E-state index contributed by atoms with van der Waals surface area (Å²) < 4.78 is 401. The Morgan fingerprint density at radius 2 is 1.12 bits per heavy atom. The summed E-state index contributed by atoms with van der Waals surface area (Å²) in [5, 5.41) is -3.64. The fourth-order valence-electron chi connectivity index (χ4n) is 13.4. The molecule has 14 aromatic rings. The number of para-hydroxylation sites is 4. The van der Waals surface area contributed by atoms with Gasteiger partial charge in [0.1, 0.15) is 17.3 Å². The van der Waals surface area contributed by atoms with Gasteiger partial charge in [-0.3, -0.25) is 13.7 Å². The zero-order chi connectivity index (χ0) is 100. The maximum atomic E-state index is 11.1. The van der Waals surface area contributed by atoms with E-state index in [2.05, 4.69) is 46.2 Å². The third kappa shape index (κ3) is 10.1. The minimum absolute atomic E-state index is 0.0289. The van der Waals surface area contributed by atoms with Crippen molar-refractivity contribution in [1.82, 2.24) is 14.1 Å². The van der Waals surface area contributed by atoms with Crippen LogP contribution in [0.2, 0.25) is 0 Å². The predicted molar refractivity (Wildman–Crippen MR) is 398 cm³/mol. The predicted octanol–water partition coefficient (Wildman–Crippen LogP) is 19.4. The van der Waals surface area contributed by atoms with Gasteiger partial charge in [-0.15, -0.1) is 0 Å². The Bertz CT molecular complexity index is 7220. The van der Waals surface area contributed by atoms with E-state index >= 15 is 0 Å². The van der Waals surface area contributed by atoms with Crippen molar-refractivity contribution in [3.8, 4) is 62.1 Å². The quantitative estimate of drug-likeness (QED) is 0.0529. The molecule has 16 rings (SSSR count). The van der Waals surface area contributed by atoms with Crippen LogP contribution >= 0.6 is 0 Å². The molecular weight excluding hydrogens is 1170 g/mol. The number of hydrogen-bond acceptors (Lipinski definition) is 2. The maximum Gasteiger partial charge on any atom is 0.269 e. The topological polar surface area (TPSA) is 35.9 Å². The first-order valence-corrected chi connectivity index (χ1v) is 32.4. The molecule has 0 aliphatic heterocycles. The average molecular weight is 1290 g/mol. The Morgan fingerprint density at radius 1 is 0.495 bits per heavy atom. The van der Waals surface area contributed by atoms with Crippen molar-refractivity contribution >= 4 is 61.7 Å². The van der Waals surface area contributed by atoms with E-state index in [1.54, 1.807) is 41.1 Å². The lowest BCUT2D eigenvalue weighted by molar-refractivity contribution is -0.571. The molecule has 2 aliphatic rings. The molecular formula is C89H80N4OSi. The number of aryl methyl sites for hydroxylation is 1. The van der Waals surface area contributed by atoms with Gasteiger partial charge in [0.15, 0.2) is 8.07 Å². The van der Waals surface area contributed by atoms with Gasteiger partial charge in [0.2, 0.25) is 0 Å². The van der Waals surface area contributed by atoms with Gasteiger partial charge in [0.25, 0.3) is 6.33 Å². The highest BCUT2D eigenvalue weighted by Crippen LogP contribution is 2.49. The van der Waals surface area contributed by atoms with Crippen molar-refractivity contribution in [3.05, 3.63) is 307 Å². The van der Waals surface area contributed by atoms with Crippen molar-refractivity contribution in [3.63, 3.8) is 0 Å². The molecule has 0 fully saturated rings. The smallest absolute Gasteiger partial charge is 0.269 e. The number of pyridine rings is 1. The van der Waals surface area contributed by atoms with E-state index in [0.717, 1.165) is 46.6 Å². The van der Waals surface area contributed by atoms with Gasteiger partial charge < -0.3 is 4.74 Å². The number of aromatic nitrogens is 4. The van der Waals surface area contributed by atoms with Gasteiger partial charge >= 0.3 is 0 Å². The second-order valence-electron chi connectivity index (χ2n) is 25.0. The molecule has 3 heterocycles. The molecule has 0 N–H and O–H groups in total. The molecule has 0 radical (unpaired) electrons. The molecule has 0 saturated heterocycles. The standard InChI is InChI=1S/C89H80N4OSi/c1-60-52-84(90-58-75(60)63-43-47-77-79(55-63)89(8,9)51-49-87(77,4)5)93-80-39-20-19-36-73(80)74-45-44-66(57-83(74)93)94-65-28-24-27-64(56-65)91-59-92(82-41-22-21-40-81(82)91)85-71(37-25-38-72(85)62-42-46-76-78(54-62)88(6,7)50-48-86(76,2)3)61-26-23-35-70(53-61)95(67-29-13-10-14-30-67,68-31-15-11-16-32-68)69-33-17-12-18-34-69/h10-47,52-58H,48-51H2,1-9H3/i1D3,2D3,3D3,6D3,7D3,10D,11D,12D,13D,14D,15D,16D,17D,18D,23D,26D,29D,30D,31D,32D,33D,34D,35D,42D,46D,48D2,50D2,53D,54D. The molecule has 6 heteroatoms. The summed E-state index contributed by atoms with van der Waals surface area (Å²) in [4.78, 5) is 5.00. The van der Waals surface area contributed by atoms with Crippen molar-refractivity contribution in [2.24, 2.45) is 0 Å². The first-order valence-electron chi connectivity index (χ1n) is 50.9. The van der Waals surface area contributed by atoms with E-state index in [1.165, 1.54) is 52.6 Å². The van der Waals surface area contributed by atoms with Crippen molar-refractivity contribution in [1.29, 1.82) is 0 Å². The molecule has 0 spiro atoms. The third-order valence-corrected chi connectivity index (χ3v) is 22.2. The van der Waals surface area contributed by atoms with Gasteiger partial charge in [0.05, 0.1) is 63.6 Å². The van der Waals surface area contributed by atoms with Crippen LogP contribution in [0.3, 0.4) is 0 Å². The van der Waals surface area contributed by atoms with E-state index < -0.39 is 259 Å². The molecule has 3 aromatic heterocycles. The van der Waals surface area contributed by atoms with Crippen LogP contribution in [0.1, 0.15) is 165 Å². The lowest BCUT2D eigenvalue weighted by atomic mass is 9.63. The number of benzene rings is 11. The highest BCUT2D eigenvalue weighted by atomic mass is 28.3. The molecule has 11 aromatic carbocycles. The van der Waals surface area contributed by atoms with Gasteiger partial charge in [-0.1, -0.05) is 273 Å². The van der Waals surface area contributed by atoms with Crippen molar-refractivity contribution in [2.45, 2.75) is 109 Å². The molecule has 0 unspecified atom stereocenters. The number of hydrogen-bond donors (Lipinski definition) is 0. The van der Waals surface area contributed by atoms with E-state index in [0.29, 0.717) is 27.5 Å². The van der Waals surface area contributed by atoms with Crippen molar-refractivity contribution in [2.75, 3.05) is 0 Å². The fraction of sp³-hybridized carbons (Fsp3) is 0.191. The first-order chi connectivity index (χ1) is 62.9. The van der Waals surface area contributed by atoms with Crippen LogP contribution in [-0.2, 0) is 21.7 Å². The largest absolute Gasteiger partial charge is 0.458 e. The van der Waals surface area contributed by atoms with Crippen LogP contribution in [0.5, 0.6) is 11.5 Å². The lowest BCUT2D eigenvalue weighted by Gasteiger charge is -2.42.